The van der Waals surface area contributed by atoms with E-state index in [4.69, 9.17) is 0 Å². The molecule has 0 saturated carbocycles. The summed E-state index contributed by atoms with van der Waals surface area (Å²) in [4.78, 5) is 34.9. The van der Waals surface area contributed by atoms with Crippen LogP contribution in [0.5, 0.6) is 0 Å². The van der Waals surface area contributed by atoms with Crippen molar-refractivity contribution in [2.45, 2.75) is 13.3 Å². The number of rotatable bonds is 7. The van der Waals surface area contributed by atoms with Crippen LogP contribution in [0.25, 0.3) is 0 Å². The zero-order chi connectivity index (χ0) is 21.7. The van der Waals surface area contributed by atoms with Crippen LogP contribution in [0.4, 0.5) is 10.8 Å². The number of aryl methyl sites for hydroxylation is 1. The summed E-state index contributed by atoms with van der Waals surface area (Å²) in [5.41, 5.74) is 1.19. The van der Waals surface area contributed by atoms with E-state index in [9.17, 15) is 19.7 Å². The van der Waals surface area contributed by atoms with Gasteiger partial charge in [-0.05, 0) is 37.3 Å². The molecule has 0 spiro atoms. The average Bonchev–Trinajstić information content (AvgIpc) is 3.14. The van der Waals surface area contributed by atoms with E-state index >= 15 is 0 Å². The SMILES string of the molecule is Cc1cc(C(=O)Nc2nnc(CCNC(=O)c3cccc(Br)c3)s2)ccc1[N+](=O)[O-]. The second-order valence-electron chi connectivity index (χ2n) is 6.23. The van der Waals surface area contributed by atoms with E-state index in [0.717, 1.165) is 4.47 Å². The molecule has 2 N–H and O–H groups in total. The minimum atomic E-state index is -0.497. The molecule has 0 aliphatic heterocycles. The van der Waals surface area contributed by atoms with Crippen molar-refractivity contribution in [2.24, 2.45) is 0 Å². The van der Waals surface area contributed by atoms with Gasteiger partial charge in [0.1, 0.15) is 5.01 Å². The van der Waals surface area contributed by atoms with Crippen LogP contribution in [0.1, 0.15) is 31.3 Å². The van der Waals surface area contributed by atoms with E-state index in [1.165, 1.54) is 29.5 Å². The van der Waals surface area contributed by atoms with Crippen molar-refractivity contribution in [1.82, 2.24) is 15.5 Å². The Morgan fingerprint density at radius 2 is 1.90 bits per heavy atom. The molecule has 1 heterocycles. The van der Waals surface area contributed by atoms with Gasteiger partial charge in [-0.25, -0.2) is 0 Å². The summed E-state index contributed by atoms with van der Waals surface area (Å²) in [6, 6.07) is 11.2. The second-order valence-corrected chi connectivity index (χ2v) is 8.21. The van der Waals surface area contributed by atoms with Gasteiger partial charge in [-0.2, -0.15) is 0 Å². The molecule has 154 valence electrons. The largest absolute Gasteiger partial charge is 0.352 e. The summed E-state index contributed by atoms with van der Waals surface area (Å²) < 4.78 is 0.822. The van der Waals surface area contributed by atoms with Crippen LogP contribution in [-0.2, 0) is 6.42 Å². The highest BCUT2D eigenvalue weighted by Gasteiger charge is 2.15. The lowest BCUT2D eigenvalue weighted by atomic mass is 10.1. The summed E-state index contributed by atoms with van der Waals surface area (Å²) in [5.74, 6) is -0.624. The van der Waals surface area contributed by atoms with Gasteiger partial charge in [0.25, 0.3) is 17.5 Å². The lowest BCUT2D eigenvalue weighted by Crippen LogP contribution is -2.25. The first-order chi connectivity index (χ1) is 14.3. The Hall–Kier alpha value is -3.18. The normalized spacial score (nSPS) is 10.5. The number of nitrogens with zero attached hydrogens (tertiary/aromatic N) is 3. The Kier molecular flexibility index (Phi) is 6.85. The number of hydrogen-bond acceptors (Lipinski definition) is 7. The van der Waals surface area contributed by atoms with Crippen LogP contribution in [0.15, 0.2) is 46.9 Å². The van der Waals surface area contributed by atoms with Crippen LogP contribution >= 0.6 is 27.3 Å². The van der Waals surface area contributed by atoms with E-state index in [0.29, 0.717) is 34.2 Å². The van der Waals surface area contributed by atoms with E-state index < -0.39 is 10.8 Å². The molecule has 0 radical (unpaired) electrons. The fourth-order valence-corrected chi connectivity index (χ4v) is 3.72. The molecule has 3 aromatic rings. The maximum absolute atomic E-state index is 12.3. The summed E-state index contributed by atoms with van der Waals surface area (Å²) in [5, 5.41) is 25.2. The molecule has 2 amide bonds. The fraction of sp³-hybridized carbons (Fsp3) is 0.158. The Morgan fingerprint density at radius 1 is 1.13 bits per heavy atom. The predicted octanol–water partition coefficient (Wildman–Crippen LogP) is 3.74. The first kappa shape index (κ1) is 21.5. The molecular weight excluding hydrogens is 474 g/mol. The molecule has 0 atom stereocenters. The Balaban J connectivity index is 1.53. The number of nitrogens with one attached hydrogen (secondary N) is 2. The molecule has 0 bridgehead atoms. The minimum absolute atomic E-state index is 0.0466. The number of benzene rings is 2. The molecule has 11 heteroatoms. The maximum Gasteiger partial charge on any atom is 0.272 e. The van der Waals surface area contributed by atoms with Gasteiger partial charge >= 0.3 is 0 Å². The maximum atomic E-state index is 12.3. The second kappa shape index (κ2) is 9.55. The quantitative estimate of drug-likeness (QED) is 0.384. The summed E-state index contributed by atoms with van der Waals surface area (Å²) in [6.45, 7) is 1.94. The summed E-state index contributed by atoms with van der Waals surface area (Å²) >= 11 is 4.52. The summed E-state index contributed by atoms with van der Waals surface area (Å²) in [6.07, 6.45) is 0.462. The third-order valence-corrected chi connectivity index (χ3v) is 5.45. The van der Waals surface area contributed by atoms with Crippen molar-refractivity contribution in [3.63, 3.8) is 0 Å². The van der Waals surface area contributed by atoms with Crippen molar-refractivity contribution in [3.8, 4) is 0 Å². The molecule has 0 fully saturated rings. The smallest absolute Gasteiger partial charge is 0.272 e. The standard InChI is InChI=1S/C19H16BrN5O4S/c1-11-9-13(5-6-15(11)25(28)29)18(27)22-19-24-23-16(30-19)7-8-21-17(26)12-3-2-4-14(20)10-12/h2-6,9-10H,7-8H2,1H3,(H,21,26)(H,22,24,27). The average molecular weight is 490 g/mol. The highest BCUT2D eigenvalue weighted by molar-refractivity contribution is 9.10. The molecular formula is C19H16BrN5O4S. The highest BCUT2D eigenvalue weighted by atomic mass is 79.9. The van der Waals surface area contributed by atoms with Crippen molar-refractivity contribution in [3.05, 3.63) is 78.7 Å². The lowest BCUT2D eigenvalue weighted by Gasteiger charge is -2.04. The van der Waals surface area contributed by atoms with Gasteiger partial charge < -0.3 is 5.32 Å². The van der Waals surface area contributed by atoms with Crippen LogP contribution in [0, 0.1) is 17.0 Å². The van der Waals surface area contributed by atoms with Gasteiger partial charge in [0.2, 0.25) is 5.13 Å². The number of nitro groups is 1. The van der Waals surface area contributed by atoms with Gasteiger partial charge in [0, 0.05) is 40.2 Å². The van der Waals surface area contributed by atoms with Crippen LogP contribution in [0.3, 0.4) is 0 Å². The summed E-state index contributed by atoms with van der Waals surface area (Å²) in [7, 11) is 0. The van der Waals surface area contributed by atoms with Crippen molar-refractivity contribution in [2.75, 3.05) is 11.9 Å². The van der Waals surface area contributed by atoms with E-state index in [1.54, 1.807) is 25.1 Å². The first-order valence-electron chi connectivity index (χ1n) is 8.76. The number of amides is 2. The predicted molar refractivity (Wildman–Crippen MR) is 116 cm³/mol. The minimum Gasteiger partial charge on any atom is -0.352 e. The molecule has 3 rings (SSSR count). The topological polar surface area (TPSA) is 127 Å². The lowest BCUT2D eigenvalue weighted by molar-refractivity contribution is -0.385. The number of carbonyl (C=O) groups excluding carboxylic acids is 2. The monoisotopic (exact) mass is 489 g/mol. The number of nitro benzene ring substituents is 1. The van der Waals surface area contributed by atoms with Gasteiger partial charge in [0.15, 0.2) is 0 Å². The van der Waals surface area contributed by atoms with Crippen LogP contribution in [0.2, 0.25) is 0 Å². The molecule has 1 aromatic heterocycles. The molecule has 0 aliphatic carbocycles. The Bertz CT molecular complexity index is 1120. The van der Waals surface area contributed by atoms with E-state index in [2.05, 4.69) is 36.8 Å². The fourth-order valence-electron chi connectivity index (χ4n) is 2.59. The van der Waals surface area contributed by atoms with E-state index in [1.807, 2.05) is 6.07 Å². The van der Waals surface area contributed by atoms with Crippen LogP contribution < -0.4 is 10.6 Å². The molecule has 2 aromatic carbocycles. The van der Waals surface area contributed by atoms with Gasteiger partial charge in [-0.15, -0.1) is 10.2 Å². The van der Waals surface area contributed by atoms with Crippen LogP contribution in [-0.4, -0.2) is 33.5 Å². The molecule has 0 saturated heterocycles. The number of aromatic nitrogens is 2. The van der Waals surface area contributed by atoms with Gasteiger partial charge in [0.05, 0.1) is 4.92 Å². The number of anilines is 1. The number of hydrogen-bond donors (Lipinski definition) is 2. The van der Waals surface area contributed by atoms with Crippen molar-refractivity contribution >= 4 is 49.9 Å². The molecule has 0 aliphatic rings. The van der Waals surface area contributed by atoms with E-state index in [-0.39, 0.29) is 17.2 Å². The molecule has 30 heavy (non-hydrogen) atoms. The Labute approximate surface area is 183 Å². The first-order valence-corrected chi connectivity index (χ1v) is 10.4. The Morgan fingerprint density at radius 3 is 2.60 bits per heavy atom. The zero-order valence-corrected chi connectivity index (χ0v) is 18.1. The highest BCUT2D eigenvalue weighted by Crippen LogP contribution is 2.21. The number of carbonyl (C=O) groups is 2. The molecule has 0 unspecified atom stereocenters. The van der Waals surface area contributed by atoms with Crippen molar-refractivity contribution in [1.29, 1.82) is 0 Å². The number of halogens is 1. The zero-order valence-electron chi connectivity index (χ0n) is 15.7. The van der Waals surface area contributed by atoms with Gasteiger partial charge in [-0.1, -0.05) is 33.3 Å². The third kappa shape index (κ3) is 5.45. The molecule has 9 nitrogen and oxygen atoms in total. The third-order valence-electron chi connectivity index (χ3n) is 4.05. The van der Waals surface area contributed by atoms with Crippen molar-refractivity contribution < 1.29 is 14.5 Å². The van der Waals surface area contributed by atoms with Gasteiger partial charge in [-0.3, -0.25) is 25.0 Å².